The number of unbranched alkanes of at least 4 members (excludes halogenated alkanes) is 7. The molecule has 0 heterocycles. The largest absolute Gasteiger partial charge is 0.373 e. The fraction of sp³-hybridized carbons (Fsp3) is 0.909. The number of carbonyl (C=O) groups is 1. The second-order valence-electron chi connectivity index (χ2n) is 3.76. The lowest BCUT2D eigenvalue weighted by molar-refractivity contribution is -0.144. The molecule has 0 saturated heterocycles. The molecule has 0 rings (SSSR count). The number of nitrogens with two attached hydrogens (primary N) is 1. The molecule has 2 N–H and O–H groups in total. The highest BCUT2D eigenvalue weighted by atomic mass is 79.9. The van der Waals surface area contributed by atoms with Gasteiger partial charge >= 0.3 is 5.97 Å². The summed E-state index contributed by atoms with van der Waals surface area (Å²) in [5.41, 5.74) is 0. The average Bonchev–Trinajstić information content (AvgIpc) is 2.26. The molecule has 4 heteroatoms. The zero-order valence-corrected chi connectivity index (χ0v) is 10.9. The van der Waals surface area contributed by atoms with E-state index in [2.05, 4.69) is 20.8 Å². The Morgan fingerprint density at radius 1 is 0.933 bits per heavy atom. The van der Waals surface area contributed by atoms with Crippen molar-refractivity contribution in [3.63, 3.8) is 0 Å². The van der Waals surface area contributed by atoms with Gasteiger partial charge in [0.1, 0.15) is 0 Å². The third-order valence-electron chi connectivity index (χ3n) is 2.40. The molecule has 0 fully saturated rings. The second kappa shape index (κ2) is 12.0. The van der Waals surface area contributed by atoms with Crippen molar-refractivity contribution in [2.45, 2.75) is 57.8 Å². The molecule has 0 amide bonds. The molecule has 0 aliphatic rings. The van der Waals surface area contributed by atoms with Gasteiger partial charge in [-0.2, -0.15) is 5.90 Å². The van der Waals surface area contributed by atoms with Crippen LogP contribution in [0.1, 0.15) is 57.8 Å². The van der Waals surface area contributed by atoms with E-state index in [9.17, 15) is 4.79 Å². The quantitative estimate of drug-likeness (QED) is 0.379. The Labute approximate surface area is 101 Å². The van der Waals surface area contributed by atoms with Gasteiger partial charge in [-0.25, -0.2) is 0 Å². The van der Waals surface area contributed by atoms with E-state index in [0.717, 1.165) is 18.2 Å². The van der Waals surface area contributed by atoms with Gasteiger partial charge < -0.3 is 4.84 Å². The van der Waals surface area contributed by atoms with Crippen LogP contribution in [0.2, 0.25) is 0 Å². The molecule has 0 aliphatic carbocycles. The summed E-state index contributed by atoms with van der Waals surface area (Å²) in [5.74, 6) is 4.43. The fourth-order valence-electron chi connectivity index (χ4n) is 1.48. The number of rotatable bonds is 10. The third kappa shape index (κ3) is 11.8. The Morgan fingerprint density at radius 3 is 1.87 bits per heavy atom. The van der Waals surface area contributed by atoms with Gasteiger partial charge in [0.25, 0.3) is 0 Å². The zero-order chi connectivity index (χ0) is 11.4. The Balaban J connectivity index is 2.95. The average molecular weight is 280 g/mol. The molecule has 0 spiro atoms. The molecule has 0 unspecified atom stereocenters. The molecule has 0 aromatic carbocycles. The van der Waals surface area contributed by atoms with Crippen LogP contribution in [-0.4, -0.2) is 11.3 Å². The number of hydrogen-bond donors (Lipinski definition) is 1. The Morgan fingerprint density at radius 2 is 1.40 bits per heavy atom. The molecule has 3 nitrogen and oxygen atoms in total. The number of halogens is 1. The summed E-state index contributed by atoms with van der Waals surface area (Å²) in [4.78, 5) is 14.7. The predicted octanol–water partition coefficient (Wildman–Crippen LogP) is 3.31. The Hall–Kier alpha value is -0.0900. The van der Waals surface area contributed by atoms with E-state index < -0.39 is 0 Å². The zero-order valence-electron chi connectivity index (χ0n) is 9.34. The molecule has 0 saturated carbocycles. The monoisotopic (exact) mass is 279 g/mol. The lowest BCUT2D eigenvalue weighted by Crippen LogP contribution is -2.08. The summed E-state index contributed by atoms with van der Waals surface area (Å²) in [5, 5.41) is 1.12. The van der Waals surface area contributed by atoms with Crippen molar-refractivity contribution in [1.29, 1.82) is 0 Å². The van der Waals surface area contributed by atoms with Gasteiger partial charge in [-0.1, -0.05) is 54.5 Å². The second-order valence-corrected chi connectivity index (χ2v) is 4.55. The first-order chi connectivity index (χ1) is 7.31. The topological polar surface area (TPSA) is 52.3 Å². The maximum absolute atomic E-state index is 10.7. The van der Waals surface area contributed by atoms with Crippen molar-refractivity contribution in [3.05, 3.63) is 0 Å². The van der Waals surface area contributed by atoms with Crippen molar-refractivity contribution in [2.75, 3.05) is 5.33 Å². The highest BCUT2D eigenvalue weighted by Gasteiger charge is 1.99. The molecular weight excluding hydrogens is 258 g/mol. The molecule has 0 radical (unpaired) electrons. The van der Waals surface area contributed by atoms with Crippen LogP contribution in [0, 0.1) is 0 Å². The Kier molecular flexibility index (Phi) is 11.9. The van der Waals surface area contributed by atoms with E-state index >= 15 is 0 Å². The minimum atomic E-state index is -0.299. The maximum Gasteiger partial charge on any atom is 0.324 e. The van der Waals surface area contributed by atoms with Crippen LogP contribution in [-0.2, 0) is 9.63 Å². The highest BCUT2D eigenvalue weighted by molar-refractivity contribution is 9.09. The maximum atomic E-state index is 10.7. The van der Waals surface area contributed by atoms with Gasteiger partial charge in [-0.15, -0.1) is 0 Å². The molecule has 0 atom stereocenters. The summed E-state index contributed by atoms with van der Waals surface area (Å²) in [7, 11) is 0. The van der Waals surface area contributed by atoms with Crippen molar-refractivity contribution in [1.82, 2.24) is 0 Å². The van der Waals surface area contributed by atoms with Crippen LogP contribution in [0.25, 0.3) is 0 Å². The van der Waals surface area contributed by atoms with Crippen LogP contribution < -0.4 is 5.90 Å². The molecule has 0 bridgehead atoms. The van der Waals surface area contributed by atoms with Gasteiger partial charge in [0.2, 0.25) is 0 Å². The Bertz CT molecular complexity index is 154. The molecule has 0 aromatic rings. The normalized spacial score (nSPS) is 10.3. The predicted molar refractivity (Wildman–Crippen MR) is 65.6 cm³/mol. The SMILES string of the molecule is NOC(=O)CCCCCCCCCCBr. The molecule has 90 valence electrons. The summed E-state index contributed by atoms with van der Waals surface area (Å²) >= 11 is 3.42. The van der Waals surface area contributed by atoms with Crippen molar-refractivity contribution >= 4 is 21.9 Å². The fourth-order valence-corrected chi connectivity index (χ4v) is 1.88. The summed E-state index contributed by atoms with van der Waals surface area (Å²) < 4.78 is 0. The van der Waals surface area contributed by atoms with Crippen molar-refractivity contribution in [3.8, 4) is 0 Å². The van der Waals surface area contributed by atoms with Crippen LogP contribution in [0.5, 0.6) is 0 Å². The lowest BCUT2D eigenvalue weighted by Gasteiger charge is -2.01. The lowest BCUT2D eigenvalue weighted by atomic mass is 10.1. The summed E-state index contributed by atoms with van der Waals surface area (Å²) in [6, 6.07) is 0. The van der Waals surface area contributed by atoms with Gasteiger partial charge in [-0.05, 0) is 12.8 Å². The van der Waals surface area contributed by atoms with Crippen LogP contribution in [0.4, 0.5) is 0 Å². The standard InChI is InChI=1S/C11H22BrNO2/c12-10-8-6-4-2-1-3-5-7-9-11(14)15-13/h1-10,13H2. The van der Waals surface area contributed by atoms with E-state index in [1.54, 1.807) is 0 Å². The van der Waals surface area contributed by atoms with Crippen molar-refractivity contribution < 1.29 is 9.63 Å². The van der Waals surface area contributed by atoms with Gasteiger partial charge in [0.05, 0.1) is 0 Å². The molecular formula is C11H22BrNO2. The minimum absolute atomic E-state index is 0.299. The van der Waals surface area contributed by atoms with Crippen LogP contribution >= 0.6 is 15.9 Å². The van der Waals surface area contributed by atoms with Crippen LogP contribution in [0.3, 0.4) is 0 Å². The van der Waals surface area contributed by atoms with Crippen LogP contribution in [0.15, 0.2) is 0 Å². The molecule has 15 heavy (non-hydrogen) atoms. The molecule has 0 aliphatic heterocycles. The minimum Gasteiger partial charge on any atom is -0.373 e. The molecule has 0 aromatic heterocycles. The number of alkyl halides is 1. The van der Waals surface area contributed by atoms with E-state index in [0.29, 0.717) is 6.42 Å². The number of hydrogen-bond acceptors (Lipinski definition) is 3. The van der Waals surface area contributed by atoms with E-state index in [4.69, 9.17) is 5.90 Å². The first-order valence-electron chi connectivity index (χ1n) is 5.76. The third-order valence-corrected chi connectivity index (χ3v) is 2.96. The van der Waals surface area contributed by atoms with E-state index in [1.807, 2.05) is 0 Å². The van der Waals surface area contributed by atoms with E-state index in [1.165, 1.54) is 38.5 Å². The van der Waals surface area contributed by atoms with E-state index in [-0.39, 0.29) is 5.97 Å². The first-order valence-corrected chi connectivity index (χ1v) is 6.89. The highest BCUT2D eigenvalue weighted by Crippen LogP contribution is 2.10. The number of carbonyl (C=O) groups excluding carboxylic acids is 1. The van der Waals surface area contributed by atoms with Crippen molar-refractivity contribution in [2.24, 2.45) is 5.90 Å². The summed E-state index contributed by atoms with van der Waals surface area (Å²) in [6.07, 6.45) is 10.2. The van der Waals surface area contributed by atoms with Gasteiger partial charge in [0.15, 0.2) is 0 Å². The smallest absolute Gasteiger partial charge is 0.324 e. The van der Waals surface area contributed by atoms with Gasteiger partial charge in [0, 0.05) is 11.8 Å². The van der Waals surface area contributed by atoms with Gasteiger partial charge in [-0.3, -0.25) is 4.79 Å². The first kappa shape index (κ1) is 14.9. The summed E-state index contributed by atoms with van der Waals surface area (Å²) in [6.45, 7) is 0.